The van der Waals surface area contributed by atoms with Gasteiger partial charge in [-0.15, -0.1) is 0 Å². The average Bonchev–Trinajstić information content (AvgIpc) is 2.62. The normalized spacial score (nSPS) is 13.6. The van der Waals surface area contributed by atoms with Gasteiger partial charge in [0.2, 0.25) is 0 Å². The van der Waals surface area contributed by atoms with Gasteiger partial charge in [-0.1, -0.05) is 0 Å². The Bertz CT molecular complexity index is 318. The summed E-state index contributed by atoms with van der Waals surface area (Å²) in [5.74, 6) is 0. The zero-order chi connectivity index (χ0) is 19.0. The third kappa shape index (κ3) is 9.90. The maximum atomic E-state index is 13.5. The summed E-state index contributed by atoms with van der Waals surface area (Å²) in [7, 11) is 0. The number of rotatable bonds is 18. The monoisotopic (exact) mass is 436 g/mol. The zero-order valence-corrected chi connectivity index (χ0v) is 20.2. The molecule has 0 saturated heterocycles. The van der Waals surface area contributed by atoms with Crippen molar-refractivity contribution in [1.29, 1.82) is 0 Å². The Hall–Kier alpha value is 0.580. The van der Waals surface area contributed by atoms with Gasteiger partial charge in [0.1, 0.15) is 0 Å². The second-order valence-electron chi connectivity index (χ2n) is 8.08. The molecule has 1 nitrogen and oxygen atoms in total. The van der Waals surface area contributed by atoms with Crippen molar-refractivity contribution in [3.63, 3.8) is 0 Å². The number of hydrogen-bond acceptors (Lipinski definition) is 1. The van der Waals surface area contributed by atoms with Gasteiger partial charge in [-0.3, -0.25) is 0 Å². The molecule has 0 aliphatic carbocycles. The van der Waals surface area contributed by atoms with Crippen LogP contribution in [-0.4, -0.2) is 24.0 Å². The molecular formula is C22H46BrOP. The van der Waals surface area contributed by atoms with Crippen LogP contribution in [0.15, 0.2) is 0 Å². The second kappa shape index (κ2) is 14.6. The molecule has 0 amide bonds. The van der Waals surface area contributed by atoms with E-state index in [4.69, 9.17) is 0 Å². The predicted octanol–water partition coefficient (Wildman–Crippen LogP) is 8.92. The Kier molecular flexibility index (Phi) is 15.0. The summed E-state index contributed by atoms with van der Waals surface area (Å²) < 4.78 is 0. The second-order valence-corrected chi connectivity index (χ2v) is 18.7. The Morgan fingerprint density at radius 2 is 0.960 bits per heavy atom. The maximum absolute atomic E-state index is 13.5. The van der Waals surface area contributed by atoms with Gasteiger partial charge in [0.05, 0.1) is 0 Å². The first-order valence-corrected chi connectivity index (χ1v) is 16.0. The molecule has 0 unspecified atom stereocenters. The van der Waals surface area contributed by atoms with Crippen LogP contribution in [0.25, 0.3) is 0 Å². The van der Waals surface area contributed by atoms with Crippen LogP contribution in [0.3, 0.4) is 0 Å². The summed E-state index contributed by atoms with van der Waals surface area (Å²) in [4.78, 5) is 13.5. The molecule has 0 rings (SSSR count). The molecule has 0 saturated carbocycles. The first-order valence-electron chi connectivity index (χ1n) is 11.2. The molecule has 0 spiro atoms. The van der Waals surface area contributed by atoms with E-state index in [1.165, 1.54) is 77.0 Å². The van der Waals surface area contributed by atoms with Gasteiger partial charge in [0.15, 0.2) is 0 Å². The molecular weight excluding hydrogens is 391 g/mol. The SMILES string of the molecule is CCCCCCCCCC(=O)P(Br)(CCCC)(CCCC)CCCC. The van der Waals surface area contributed by atoms with Crippen LogP contribution in [0.2, 0.25) is 0 Å². The van der Waals surface area contributed by atoms with E-state index in [-0.39, 0.29) is 0 Å². The van der Waals surface area contributed by atoms with Crippen molar-refractivity contribution in [2.24, 2.45) is 0 Å². The summed E-state index contributed by atoms with van der Waals surface area (Å²) >= 11 is 4.25. The van der Waals surface area contributed by atoms with Crippen LogP contribution in [0.4, 0.5) is 0 Å². The van der Waals surface area contributed by atoms with Crippen molar-refractivity contribution in [2.75, 3.05) is 18.5 Å². The van der Waals surface area contributed by atoms with Crippen LogP contribution in [0, 0.1) is 0 Å². The van der Waals surface area contributed by atoms with Crippen LogP contribution < -0.4 is 0 Å². The standard InChI is InChI=1S/C22H46BrOP/c1-5-9-13-14-15-16-17-18-22(24)25(23,19-10-6-2,20-11-7-3)21-12-8-4/h5-21H2,1-4H3. The molecule has 25 heavy (non-hydrogen) atoms. The quantitative estimate of drug-likeness (QED) is 0.154. The van der Waals surface area contributed by atoms with Crippen LogP contribution in [0.5, 0.6) is 0 Å². The third-order valence-electron chi connectivity index (χ3n) is 5.69. The molecule has 0 heterocycles. The Labute approximate surface area is 167 Å². The molecule has 0 N–H and O–H groups in total. The minimum absolute atomic E-state index is 0.634. The van der Waals surface area contributed by atoms with Crippen molar-refractivity contribution in [2.45, 2.75) is 118 Å². The molecule has 0 atom stereocenters. The molecule has 0 fully saturated rings. The average molecular weight is 437 g/mol. The molecule has 3 heteroatoms. The van der Waals surface area contributed by atoms with Crippen molar-refractivity contribution >= 4 is 26.3 Å². The van der Waals surface area contributed by atoms with Crippen molar-refractivity contribution < 1.29 is 4.79 Å². The molecule has 0 aliphatic heterocycles. The summed E-state index contributed by atoms with van der Waals surface area (Å²) in [6.07, 6.45) is 20.6. The van der Waals surface area contributed by atoms with E-state index in [2.05, 4.69) is 43.2 Å². The number of halogens is 1. The van der Waals surface area contributed by atoms with E-state index in [9.17, 15) is 4.79 Å². The minimum atomic E-state index is -2.36. The van der Waals surface area contributed by atoms with E-state index < -0.39 is 5.31 Å². The number of hydrogen-bond donors (Lipinski definition) is 0. The zero-order valence-electron chi connectivity index (χ0n) is 17.8. The molecule has 0 radical (unpaired) electrons. The molecule has 0 aromatic carbocycles. The third-order valence-corrected chi connectivity index (χ3v) is 15.6. The van der Waals surface area contributed by atoms with Crippen LogP contribution in [-0.2, 0) is 4.79 Å². The van der Waals surface area contributed by atoms with E-state index in [0.29, 0.717) is 5.52 Å². The van der Waals surface area contributed by atoms with Gasteiger partial charge in [-0.05, 0) is 0 Å². The van der Waals surface area contributed by atoms with E-state index in [0.717, 1.165) is 31.3 Å². The molecule has 0 bridgehead atoms. The first kappa shape index (κ1) is 25.6. The van der Waals surface area contributed by atoms with Crippen molar-refractivity contribution in [1.82, 2.24) is 0 Å². The molecule has 0 aromatic rings. The fourth-order valence-electron chi connectivity index (χ4n) is 3.78. The van der Waals surface area contributed by atoms with Gasteiger partial charge in [0.25, 0.3) is 0 Å². The molecule has 152 valence electrons. The van der Waals surface area contributed by atoms with Crippen LogP contribution in [0.1, 0.15) is 118 Å². The summed E-state index contributed by atoms with van der Waals surface area (Å²) in [5, 5.41) is -2.36. The van der Waals surface area contributed by atoms with Crippen molar-refractivity contribution in [3.05, 3.63) is 0 Å². The van der Waals surface area contributed by atoms with E-state index >= 15 is 0 Å². The Morgan fingerprint density at radius 3 is 1.36 bits per heavy atom. The van der Waals surface area contributed by atoms with E-state index in [1.54, 1.807) is 0 Å². The number of carbonyl (C=O) groups excluding carboxylic acids is 1. The van der Waals surface area contributed by atoms with E-state index in [1.807, 2.05) is 0 Å². The first-order chi connectivity index (χ1) is 12.0. The summed E-state index contributed by atoms with van der Waals surface area (Å²) in [6, 6.07) is 0. The summed E-state index contributed by atoms with van der Waals surface area (Å²) in [5.41, 5.74) is 0.634. The Morgan fingerprint density at radius 1 is 0.600 bits per heavy atom. The number of unbranched alkanes of at least 4 members (excludes halogenated alkanes) is 9. The van der Waals surface area contributed by atoms with Gasteiger partial charge in [-0.2, -0.15) is 0 Å². The van der Waals surface area contributed by atoms with Gasteiger partial charge >= 0.3 is 167 Å². The van der Waals surface area contributed by atoms with Crippen LogP contribution >= 0.6 is 20.8 Å². The van der Waals surface area contributed by atoms with Gasteiger partial charge < -0.3 is 0 Å². The molecule has 0 aromatic heterocycles. The number of carbonyl (C=O) groups is 1. The van der Waals surface area contributed by atoms with Crippen molar-refractivity contribution in [3.8, 4) is 0 Å². The summed E-state index contributed by atoms with van der Waals surface area (Å²) in [6.45, 7) is 9.04. The predicted molar refractivity (Wildman–Crippen MR) is 123 cm³/mol. The van der Waals surface area contributed by atoms with Gasteiger partial charge in [0, 0.05) is 0 Å². The topological polar surface area (TPSA) is 17.1 Å². The fourth-order valence-corrected chi connectivity index (χ4v) is 11.8. The molecule has 0 aliphatic rings. The Balaban J connectivity index is 4.76. The fraction of sp³-hybridized carbons (Fsp3) is 0.955. The van der Waals surface area contributed by atoms with Gasteiger partial charge in [-0.25, -0.2) is 0 Å².